The van der Waals surface area contributed by atoms with Crippen LogP contribution in [-0.4, -0.2) is 303 Å². The summed E-state index contributed by atoms with van der Waals surface area (Å²) in [7, 11) is -5.40. The largest absolute Gasteiger partial charge is 0.346 e. The number of nitrogens with one attached hydrogen (secondary N) is 12. The van der Waals surface area contributed by atoms with Crippen LogP contribution in [0.1, 0.15) is 292 Å². The molecule has 3 unspecified atom stereocenters. The first-order valence-electron chi connectivity index (χ1n) is 54.1. The van der Waals surface area contributed by atoms with Crippen LogP contribution in [-0.2, 0) is 82.4 Å². The number of likely N-dealkylation sites (tertiary alicyclic amines) is 4. The Bertz CT molecular complexity index is 4950. The maximum atomic E-state index is 14.5. The number of nitrogens with zero attached hydrogens (tertiary/aromatic N) is 6. The summed E-state index contributed by atoms with van der Waals surface area (Å²) in [6, 6.07) is -11.7. The molecule has 147 heavy (non-hydrogen) atoms. The fourth-order valence-electron chi connectivity index (χ4n) is 22.5. The van der Waals surface area contributed by atoms with Crippen molar-refractivity contribution in [2.75, 3.05) is 90.5 Å². The first-order valence-corrected chi connectivity index (χ1v) is 57.3. The van der Waals surface area contributed by atoms with Gasteiger partial charge in [-0.1, -0.05) is 220 Å². The standard InChI is InChI=1S/C37H60N6O6.C35H58N6O7S.C35H60N6O7S/c1-8-18-38-33(47)30(45)26(20-23-13-11-14-23)39-32(46)29-25-16-12-15-24(25)21-43(29)34(48)31(37(5,6)7)41-35(49)40-27(36(2,3)4)22-42-19-10-9-17-28(42)44;1-8-16-36-31(44)28(42)25(19-22-12-9-13-22)37-30(43)27-24-15-10-14-23(24)20-41(27)32(45)29(35(5,6)7)39-33(46)38-26(34(2,3)4)21-40-17-11-18-49(40,47)48;1-10-18-36-31(44)28(42)25(19-22-14-12-15-22)37-30(43)27-24-17-13-16-23(24)20-41(27)32(45)29(35(6,7)8)39-33(46)38-26(34(3,4)5)21-40(9)49(47,48)11-2/h8,23-27,29,31H,1,9-22H2,2-7H3,(H,38,47)(H,39,46)(H2,40,41,49);8,22-27,29H,1,9-21H2,2-7H3,(H,36,44)(H,37,43)(H2,38,39,46);10,22-27,29H,1,11-21H2,2-9H3,(H,36,44)(H,37,43)(H2,38,39,46)/t24-,25-,26?,27+,29-,31+;2*23-,24-,25?,26+,27-,29+/m000/s1. The predicted molar refractivity (Wildman–Crippen MR) is 562 cm³/mol. The number of hydrogen-bond donors (Lipinski definition) is 12. The van der Waals surface area contributed by atoms with Crippen molar-refractivity contribution < 1.29 is 93.5 Å². The van der Waals surface area contributed by atoms with E-state index in [1.54, 1.807) is 21.6 Å². The first kappa shape index (κ1) is 121. The summed E-state index contributed by atoms with van der Waals surface area (Å²) in [5.41, 5.74) is -3.54. The fraction of sp³-hybridized carbons (Fsp3) is 0.794. The lowest BCUT2D eigenvalue weighted by Gasteiger charge is -2.39. The van der Waals surface area contributed by atoms with Crippen molar-refractivity contribution in [3.05, 3.63) is 38.0 Å². The van der Waals surface area contributed by atoms with Crippen LogP contribution in [0.2, 0.25) is 0 Å². The number of likely N-dealkylation sites (N-methyl/N-ethyl adjacent to an activating group) is 1. The zero-order chi connectivity index (χ0) is 109. The molecule has 828 valence electrons. The minimum Gasteiger partial charge on any atom is -0.346 e. The van der Waals surface area contributed by atoms with Gasteiger partial charge in [-0.15, -0.1) is 19.7 Å². The molecule has 0 aromatic rings. The number of fused-ring (bicyclic) bond motifs is 3. The molecule has 0 spiro atoms. The number of carbonyl (C=O) groups excluding carboxylic acids is 16. The van der Waals surface area contributed by atoms with Crippen molar-refractivity contribution in [1.82, 2.24) is 92.0 Å². The van der Waals surface area contributed by atoms with E-state index in [2.05, 4.69) is 83.5 Å². The van der Waals surface area contributed by atoms with Gasteiger partial charge in [0, 0.05) is 97.5 Å². The molecule has 16 amide bonds. The third-order valence-electron chi connectivity index (χ3n) is 32.4. The van der Waals surface area contributed by atoms with Gasteiger partial charge in [0.1, 0.15) is 36.3 Å². The van der Waals surface area contributed by atoms with Crippen molar-refractivity contribution in [1.29, 1.82) is 0 Å². The maximum Gasteiger partial charge on any atom is 0.315 e. The zero-order valence-corrected chi connectivity index (χ0v) is 93.1. The van der Waals surface area contributed by atoms with E-state index in [9.17, 15) is 93.5 Å². The number of carbonyl (C=O) groups is 16. The van der Waals surface area contributed by atoms with E-state index in [1.165, 1.54) is 33.9 Å². The molecule has 40 heteroatoms. The Balaban J connectivity index is 0.000000245. The highest BCUT2D eigenvalue weighted by Gasteiger charge is 2.58. The van der Waals surface area contributed by atoms with Gasteiger partial charge < -0.3 is 83.4 Å². The van der Waals surface area contributed by atoms with Gasteiger partial charge in [0.15, 0.2) is 0 Å². The van der Waals surface area contributed by atoms with Gasteiger partial charge in [0.25, 0.3) is 17.7 Å². The first-order chi connectivity index (χ1) is 68.5. The lowest BCUT2D eigenvalue weighted by atomic mass is 9.80. The highest BCUT2D eigenvalue weighted by atomic mass is 32.2. The van der Waals surface area contributed by atoms with Crippen LogP contribution in [0.5, 0.6) is 0 Å². The van der Waals surface area contributed by atoms with E-state index in [1.807, 2.05) is 130 Å². The highest BCUT2D eigenvalue weighted by molar-refractivity contribution is 7.89. The Morgan fingerprint density at radius 2 is 0.701 bits per heavy atom. The molecule has 11 aliphatic rings. The molecular formula is C107H178N18O20S2. The monoisotopic (exact) mass is 2100 g/mol. The number of ketones is 3. The van der Waals surface area contributed by atoms with Gasteiger partial charge in [-0.25, -0.2) is 35.5 Å². The molecule has 12 N–H and O–H groups in total. The zero-order valence-electron chi connectivity index (χ0n) is 91.5. The third kappa shape index (κ3) is 32.6. The predicted octanol–water partition coefficient (Wildman–Crippen LogP) is 8.19. The SMILES string of the molecule is C=CCNC(=O)C(=O)C(CC1CCC1)NC(=O)[C@@H]1[C@H]2CCC[C@H]2CN1C(=O)[C@@H](NC(=O)N[C@H](CN(C)S(=O)(=O)CC)C(C)(C)C)C(C)(C)C.C=CCNC(=O)C(=O)C(CC1CCC1)NC(=O)[C@@H]1[C@H]2CCC[C@H]2CN1C(=O)[C@@H](NC(=O)N[C@H](CN1CCCCC1=O)C(C)(C)C)C(C)(C)C.C=CCNC(=O)C(=O)C(CC1CCC1)NC(=O)[C@@H]1[C@H]2CCC[C@H]2CN1C(=O)[C@@H](NC(=O)N[C@H](CN1CCCS1(=O)=O)C(C)(C)C)C(C)(C)C. The molecule has 11 fully saturated rings. The number of hydrogen-bond acceptors (Lipinski definition) is 20. The molecule has 5 heterocycles. The smallest absolute Gasteiger partial charge is 0.315 e. The summed E-state index contributed by atoms with van der Waals surface area (Å²) in [5, 5.41) is 33.9. The summed E-state index contributed by atoms with van der Waals surface area (Å²) >= 11 is 0. The third-order valence-corrected chi connectivity index (χ3v) is 36.2. The van der Waals surface area contributed by atoms with Gasteiger partial charge >= 0.3 is 18.1 Å². The Labute approximate surface area is 874 Å². The summed E-state index contributed by atoms with van der Waals surface area (Å²) in [4.78, 5) is 224. The van der Waals surface area contributed by atoms with Crippen LogP contribution in [0.15, 0.2) is 38.0 Å². The fourth-order valence-corrected chi connectivity index (χ4v) is 24.9. The average Bonchev–Trinajstić information content (AvgIpc) is 1.62. The van der Waals surface area contributed by atoms with E-state index >= 15 is 0 Å². The molecule has 6 aliphatic carbocycles. The van der Waals surface area contributed by atoms with Crippen molar-refractivity contribution in [3.8, 4) is 0 Å². The Morgan fingerprint density at radius 1 is 0.395 bits per heavy atom. The molecule has 18 atom stereocenters. The molecule has 6 saturated carbocycles. The molecular weight excluding hydrogens is 1920 g/mol. The summed E-state index contributed by atoms with van der Waals surface area (Å²) in [6.45, 7) is 49.6. The van der Waals surface area contributed by atoms with E-state index in [4.69, 9.17) is 0 Å². The van der Waals surface area contributed by atoms with Crippen LogP contribution >= 0.6 is 0 Å². The second-order valence-corrected chi connectivity index (χ2v) is 54.2. The van der Waals surface area contributed by atoms with Crippen molar-refractivity contribution in [3.63, 3.8) is 0 Å². The normalized spacial score (nSPS) is 24.5. The highest BCUT2D eigenvalue weighted by Crippen LogP contribution is 2.48. The number of sulfonamides is 2. The summed E-state index contributed by atoms with van der Waals surface area (Å²) in [6.07, 6.45) is 24.8. The Morgan fingerprint density at radius 3 is 0.966 bits per heavy atom. The van der Waals surface area contributed by atoms with Crippen molar-refractivity contribution >= 4 is 115 Å². The van der Waals surface area contributed by atoms with Gasteiger partial charge in [-0.05, 0) is 170 Å². The molecule has 38 nitrogen and oxygen atoms in total. The summed E-state index contributed by atoms with van der Waals surface area (Å²) < 4.78 is 52.7. The molecule has 0 aromatic carbocycles. The second kappa shape index (κ2) is 51.6. The van der Waals surface area contributed by atoms with Gasteiger partial charge in [-0.3, -0.25) is 62.3 Å². The second-order valence-electron chi connectivity index (χ2n) is 49.8. The van der Waals surface area contributed by atoms with Crippen LogP contribution in [0.4, 0.5) is 14.4 Å². The van der Waals surface area contributed by atoms with Crippen molar-refractivity contribution in [2.45, 2.75) is 365 Å². The number of rotatable bonds is 41. The average molecular weight is 2100 g/mol. The van der Waals surface area contributed by atoms with Crippen LogP contribution in [0.3, 0.4) is 0 Å². The lowest BCUT2D eigenvalue weighted by molar-refractivity contribution is -0.144. The molecule has 0 radical (unpaired) electrons. The number of Topliss-reactive ketones (excluding diaryl/α,β-unsaturated/α-hetero) is 3. The molecule has 0 aromatic heterocycles. The van der Waals surface area contributed by atoms with Crippen LogP contribution in [0.25, 0.3) is 0 Å². The molecule has 5 aliphatic heterocycles. The van der Waals surface area contributed by atoms with E-state index < -0.39 is 196 Å². The van der Waals surface area contributed by atoms with Crippen molar-refractivity contribution in [2.24, 2.45) is 85.8 Å². The van der Waals surface area contributed by atoms with E-state index in [0.29, 0.717) is 71.4 Å². The maximum absolute atomic E-state index is 14.5. The Kier molecular flexibility index (Phi) is 42.5. The lowest BCUT2D eigenvalue weighted by Crippen LogP contribution is -2.62. The quantitative estimate of drug-likeness (QED) is 0.0203. The molecule has 11 rings (SSSR count). The molecule has 0 bridgehead atoms. The number of amides is 16. The number of urea groups is 3. The molecule has 5 saturated heterocycles. The summed E-state index contributed by atoms with van der Waals surface area (Å²) in [5.74, 6) is -6.00. The van der Waals surface area contributed by atoms with Crippen LogP contribution in [0, 0.1) is 85.8 Å². The van der Waals surface area contributed by atoms with E-state index in [0.717, 1.165) is 128 Å². The van der Waals surface area contributed by atoms with Gasteiger partial charge in [0.2, 0.25) is 78.7 Å². The van der Waals surface area contributed by atoms with Crippen LogP contribution < -0.4 is 63.8 Å². The number of piperidine rings is 1. The van der Waals surface area contributed by atoms with E-state index in [-0.39, 0.29) is 121 Å². The minimum atomic E-state index is -3.49. The van der Waals surface area contributed by atoms with Gasteiger partial charge in [0.05, 0.1) is 35.7 Å². The van der Waals surface area contributed by atoms with Gasteiger partial charge in [-0.2, -0.15) is 4.31 Å². The minimum absolute atomic E-state index is 0.0469. The Hall–Kier alpha value is -9.44. The topological polar surface area (TPSA) is 505 Å².